The van der Waals surface area contributed by atoms with Crippen LogP contribution < -0.4 is 4.74 Å². The van der Waals surface area contributed by atoms with E-state index in [1.807, 2.05) is 6.07 Å². The van der Waals surface area contributed by atoms with Crippen molar-refractivity contribution in [3.8, 4) is 5.75 Å². The zero-order valence-electron chi connectivity index (χ0n) is 12.6. The lowest BCUT2D eigenvalue weighted by Gasteiger charge is -2.30. The molecule has 1 fully saturated rings. The fourth-order valence-corrected chi connectivity index (χ4v) is 2.49. The summed E-state index contributed by atoms with van der Waals surface area (Å²) in [7, 11) is 1.59. The zero-order valence-corrected chi connectivity index (χ0v) is 12.6. The third-order valence-corrected chi connectivity index (χ3v) is 3.74. The summed E-state index contributed by atoms with van der Waals surface area (Å²) >= 11 is 0. The standard InChI is InChI=1S/C16H16N2O5/c1-22-11-3-5-12-10(8-11)2-4-13(17-12)15(19)18-6-7-23-14(9-18)16(20)21/h2-5,8,14H,6-7,9H2,1H3,(H,20,21)/t14-/m0/s1. The van der Waals surface area contributed by atoms with Gasteiger partial charge in [-0.25, -0.2) is 9.78 Å². The number of nitrogens with zero attached hydrogens (tertiary/aromatic N) is 2. The molecule has 0 spiro atoms. The molecule has 7 heteroatoms. The first-order chi connectivity index (χ1) is 11.1. The molecule has 1 amide bonds. The number of rotatable bonds is 3. The molecule has 0 aliphatic carbocycles. The number of hydrogen-bond acceptors (Lipinski definition) is 5. The first-order valence-corrected chi connectivity index (χ1v) is 7.17. The van der Waals surface area contributed by atoms with E-state index in [1.165, 1.54) is 4.90 Å². The van der Waals surface area contributed by atoms with Crippen LogP contribution in [0.5, 0.6) is 5.75 Å². The topological polar surface area (TPSA) is 89.0 Å². The first kappa shape index (κ1) is 15.2. The van der Waals surface area contributed by atoms with Crippen molar-refractivity contribution in [1.82, 2.24) is 9.88 Å². The van der Waals surface area contributed by atoms with Crippen molar-refractivity contribution in [2.75, 3.05) is 26.8 Å². The predicted molar refractivity (Wildman–Crippen MR) is 81.6 cm³/mol. The van der Waals surface area contributed by atoms with Gasteiger partial charge in [-0.05, 0) is 24.3 Å². The Morgan fingerprint density at radius 1 is 1.35 bits per heavy atom. The minimum absolute atomic E-state index is 0.0243. The lowest BCUT2D eigenvalue weighted by atomic mass is 10.1. The van der Waals surface area contributed by atoms with E-state index in [-0.39, 0.29) is 24.8 Å². The van der Waals surface area contributed by atoms with Crippen molar-refractivity contribution in [2.45, 2.75) is 6.10 Å². The second-order valence-corrected chi connectivity index (χ2v) is 5.20. The predicted octanol–water partition coefficient (Wildman–Crippen LogP) is 1.17. The molecule has 0 radical (unpaired) electrons. The Morgan fingerprint density at radius 3 is 2.91 bits per heavy atom. The summed E-state index contributed by atoms with van der Waals surface area (Å²) in [6.45, 7) is 0.578. The van der Waals surface area contributed by atoms with Crippen molar-refractivity contribution in [1.29, 1.82) is 0 Å². The molecule has 1 saturated heterocycles. The van der Waals surface area contributed by atoms with E-state index in [2.05, 4.69) is 4.98 Å². The smallest absolute Gasteiger partial charge is 0.334 e. The highest BCUT2D eigenvalue weighted by atomic mass is 16.5. The van der Waals surface area contributed by atoms with Crippen molar-refractivity contribution < 1.29 is 24.2 Å². The van der Waals surface area contributed by atoms with E-state index < -0.39 is 12.1 Å². The summed E-state index contributed by atoms with van der Waals surface area (Å²) in [5.41, 5.74) is 0.966. The van der Waals surface area contributed by atoms with E-state index in [4.69, 9.17) is 14.6 Å². The van der Waals surface area contributed by atoms with E-state index in [1.54, 1.807) is 31.4 Å². The maximum Gasteiger partial charge on any atom is 0.334 e. The normalized spacial score (nSPS) is 18.0. The number of carboxylic acid groups (broad SMARTS) is 1. The van der Waals surface area contributed by atoms with Crippen LogP contribution in [0.2, 0.25) is 0 Å². The fourth-order valence-electron chi connectivity index (χ4n) is 2.49. The van der Waals surface area contributed by atoms with Crippen LogP contribution in [0.3, 0.4) is 0 Å². The molecule has 0 unspecified atom stereocenters. The third-order valence-electron chi connectivity index (χ3n) is 3.74. The number of morpholine rings is 1. The minimum Gasteiger partial charge on any atom is -0.497 e. The Hall–Kier alpha value is -2.67. The van der Waals surface area contributed by atoms with Crippen LogP contribution in [-0.2, 0) is 9.53 Å². The van der Waals surface area contributed by atoms with Gasteiger partial charge in [0.25, 0.3) is 5.91 Å². The molecule has 1 aromatic heterocycles. The van der Waals surface area contributed by atoms with Crippen LogP contribution in [0.1, 0.15) is 10.5 Å². The molecule has 120 valence electrons. The Bertz CT molecular complexity index is 761. The number of benzene rings is 1. The highest BCUT2D eigenvalue weighted by Gasteiger charge is 2.29. The molecule has 23 heavy (non-hydrogen) atoms. The van der Waals surface area contributed by atoms with Crippen LogP contribution in [0.25, 0.3) is 10.9 Å². The zero-order chi connectivity index (χ0) is 16.4. The molecular formula is C16H16N2O5. The highest BCUT2D eigenvalue weighted by Crippen LogP contribution is 2.20. The molecule has 1 N–H and O–H groups in total. The largest absolute Gasteiger partial charge is 0.497 e. The number of aromatic nitrogens is 1. The molecule has 0 saturated carbocycles. The van der Waals surface area contributed by atoms with Gasteiger partial charge in [0.1, 0.15) is 11.4 Å². The summed E-state index contributed by atoms with van der Waals surface area (Å²) < 4.78 is 10.3. The third kappa shape index (κ3) is 3.09. The second-order valence-electron chi connectivity index (χ2n) is 5.20. The van der Waals surface area contributed by atoms with Gasteiger partial charge in [-0.15, -0.1) is 0 Å². The van der Waals surface area contributed by atoms with E-state index in [0.29, 0.717) is 12.1 Å². The van der Waals surface area contributed by atoms with Gasteiger partial charge in [0.05, 0.1) is 25.8 Å². The average Bonchev–Trinajstić information content (AvgIpc) is 2.60. The number of fused-ring (bicyclic) bond motifs is 1. The van der Waals surface area contributed by atoms with Crippen LogP contribution in [0.4, 0.5) is 0 Å². The van der Waals surface area contributed by atoms with Gasteiger partial charge >= 0.3 is 5.97 Å². The van der Waals surface area contributed by atoms with Gasteiger partial charge in [0.2, 0.25) is 0 Å². The fraction of sp³-hybridized carbons (Fsp3) is 0.312. The molecule has 1 aliphatic rings. The highest BCUT2D eigenvalue weighted by molar-refractivity contribution is 5.95. The summed E-state index contributed by atoms with van der Waals surface area (Å²) in [6.07, 6.45) is -0.989. The lowest BCUT2D eigenvalue weighted by Crippen LogP contribution is -2.48. The number of methoxy groups -OCH3 is 1. The van der Waals surface area contributed by atoms with Crippen molar-refractivity contribution >= 4 is 22.8 Å². The Labute approximate surface area is 132 Å². The number of carbonyl (C=O) groups is 2. The molecule has 1 atom stereocenters. The summed E-state index contributed by atoms with van der Waals surface area (Å²) in [5, 5.41) is 9.88. The summed E-state index contributed by atoms with van der Waals surface area (Å²) in [6, 6.07) is 8.83. The monoisotopic (exact) mass is 316 g/mol. The molecule has 3 rings (SSSR count). The maximum absolute atomic E-state index is 12.5. The number of carboxylic acids is 1. The van der Waals surface area contributed by atoms with E-state index >= 15 is 0 Å². The van der Waals surface area contributed by atoms with Crippen LogP contribution in [0, 0.1) is 0 Å². The quantitative estimate of drug-likeness (QED) is 0.914. The second kappa shape index (κ2) is 6.21. The van der Waals surface area contributed by atoms with Gasteiger partial charge in [-0.2, -0.15) is 0 Å². The van der Waals surface area contributed by atoms with Crippen molar-refractivity contribution in [2.24, 2.45) is 0 Å². The minimum atomic E-state index is -1.07. The van der Waals surface area contributed by atoms with Gasteiger partial charge in [0, 0.05) is 11.9 Å². The lowest BCUT2D eigenvalue weighted by molar-refractivity contribution is -0.154. The Morgan fingerprint density at radius 2 is 2.17 bits per heavy atom. The molecule has 7 nitrogen and oxygen atoms in total. The maximum atomic E-state index is 12.5. The van der Waals surface area contributed by atoms with Crippen LogP contribution in [0.15, 0.2) is 30.3 Å². The molecule has 1 aromatic carbocycles. The number of carbonyl (C=O) groups excluding carboxylic acids is 1. The van der Waals surface area contributed by atoms with Crippen LogP contribution in [-0.4, -0.2) is 59.8 Å². The molecular weight excluding hydrogens is 300 g/mol. The van der Waals surface area contributed by atoms with Crippen molar-refractivity contribution in [3.63, 3.8) is 0 Å². The van der Waals surface area contributed by atoms with Crippen LogP contribution >= 0.6 is 0 Å². The summed E-state index contributed by atoms with van der Waals surface area (Å²) in [4.78, 5) is 29.3. The molecule has 0 bridgehead atoms. The number of ether oxygens (including phenoxy) is 2. The molecule has 2 heterocycles. The Balaban J connectivity index is 1.84. The molecule has 1 aliphatic heterocycles. The summed E-state index contributed by atoms with van der Waals surface area (Å²) in [5.74, 6) is -0.644. The SMILES string of the molecule is COc1ccc2nc(C(=O)N3CCO[C@H](C(=O)O)C3)ccc2c1. The van der Waals surface area contributed by atoms with Crippen molar-refractivity contribution in [3.05, 3.63) is 36.0 Å². The van der Waals surface area contributed by atoms with E-state index in [9.17, 15) is 9.59 Å². The molecule has 2 aromatic rings. The first-order valence-electron chi connectivity index (χ1n) is 7.17. The van der Waals surface area contributed by atoms with Gasteiger partial charge in [-0.1, -0.05) is 6.07 Å². The number of aliphatic carboxylic acids is 1. The van der Waals surface area contributed by atoms with Gasteiger partial charge in [0.15, 0.2) is 6.10 Å². The van der Waals surface area contributed by atoms with Gasteiger partial charge < -0.3 is 19.5 Å². The Kier molecular flexibility index (Phi) is 4.12. The number of hydrogen-bond donors (Lipinski definition) is 1. The van der Waals surface area contributed by atoms with E-state index in [0.717, 1.165) is 11.1 Å². The number of pyridine rings is 1. The number of amides is 1. The average molecular weight is 316 g/mol. The van der Waals surface area contributed by atoms with Gasteiger partial charge in [-0.3, -0.25) is 4.79 Å².